The van der Waals surface area contributed by atoms with Crippen molar-refractivity contribution in [1.82, 2.24) is 30.2 Å². The van der Waals surface area contributed by atoms with Crippen LogP contribution < -0.4 is 5.32 Å². The molecule has 0 saturated carbocycles. The SMILES string of the molecule is O=C(Cc1nc2c(CF)cccc2[nH]1)NC1CN(C2CCOC2)C[C@@H]1OC1CCc2[nH]cnc21. The number of alkyl halides is 1. The van der Waals surface area contributed by atoms with Gasteiger partial charge in [0.15, 0.2) is 0 Å². The summed E-state index contributed by atoms with van der Waals surface area (Å²) in [6.45, 7) is 2.37. The Morgan fingerprint density at radius 3 is 3.12 bits per heavy atom. The lowest BCUT2D eigenvalue weighted by atomic mass is 10.2. The molecular formula is C24H29FN6O3. The van der Waals surface area contributed by atoms with Gasteiger partial charge in [0, 0.05) is 37.0 Å². The molecule has 34 heavy (non-hydrogen) atoms. The number of amides is 1. The number of aryl methyl sites for hydroxylation is 1. The molecule has 4 heterocycles. The number of likely N-dealkylation sites (tertiary alicyclic amines) is 1. The molecule has 2 aliphatic heterocycles. The van der Waals surface area contributed by atoms with Crippen molar-refractivity contribution < 1.29 is 18.7 Å². The Morgan fingerprint density at radius 1 is 1.32 bits per heavy atom. The standard InChI is InChI=1S/C24H29FN6O3/c25-9-14-2-1-3-17-23(14)30-21(28-17)8-22(32)29-18-10-31(15-6-7-33-12-15)11-20(18)34-19-5-4-16-24(19)27-13-26-16/h1-3,13,15,18-20H,4-12H2,(H,26,27)(H,28,30)(H,29,32)/t15?,18?,19?,20-/m0/s1. The lowest BCUT2D eigenvalue weighted by Gasteiger charge is -2.23. The van der Waals surface area contributed by atoms with E-state index in [1.165, 1.54) is 0 Å². The Hall–Kier alpha value is -2.82. The average molecular weight is 469 g/mol. The maximum atomic E-state index is 13.3. The van der Waals surface area contributed by atoms with Crippen LogP contribution in [0.4, 0.5) is 4.39 Å². The molecule has 3 unspecified atom stereocenters. The minimum absolute atomic E-state index is 0.0556. The Balaban J connectivity index is 1.15. The highest BCUT2D eigenvalue weighted by Crippen LogP contribution is 2.34. The van der Waals surface area contributed by atoms with Crippen LogP contribution in [0.3, 0.4) is 0 Å². The van der Waals surface area contributed by atoms with Gasteiger partial charge in [-0.2, -0.15) is 0 Å². The minimum atomic E-state index is -0.589. The van der Waals surface area contributed by atoms with Crippen molar-refractivity contribution in [2.24, 2.45) is 0 Å². The summed E-state index contributed by atoms with van der Waals surface area (Å²) in [6.07, 6.45) is 4.45. The fourth-order valence-electron chi connectivity index (χ4n) is 5.50. The number of fused-ring (bicyclic) bond motifs is 2. The highest BCUT2D eigenvalue weighted by Gasteiger charge is 2.41. The van der Waals surface area contributed by atoms with Gasteiger partial charge in [-0.15, -0.1) is 0 Å². The van der Waals surface area contributed by atoms with Crippen molar-refractivity contribution in [2.45, 2.75) is 56.6 Å². The van der Waals surface area contributed by atoms with Gasteiger partial charge in [0.05, 0.1) is 48.2 Å². The first-order chi connectivity index (χ1) is 16.7. The molecule has 9 nitrogen and oxygen atoms in total. The summed E-state index contributed by atoms with van der Waals surface area (Å²) in [5, 5.41) is 3.19. The van der Waals surface area contributed by atoms with Crippen LogP contribution in [-0.4, -0.2) is 75.2 Å². The van der Waals surface area contributed by atoms with Crippen molar-refractivity contribution in [3.8, 4) is 0 Å². The van der Waals surface area contributed by atoms with E-state index in [2.05, 4.69) is 30.2 Å². The second kappa shape index (κ2) is 9.09. The molecule has 0 bridgehead atoms. The predicted molar refractivity (Wildman–Crippen MR) is 122 cm³/mol. The number of hydrogen-bond acceptors (Lipinski definition) is 6. The number of rotatable bonds is 7. The van der Waals surface area contributed by atoms with Crippen LogP contribution in [0.2, 0.25) is 0 Å². The first-order valence-electron chi connectivity index (χ1n) is 12.0. The summed E-state index contributed by atoms with van der Waals surface area (Å²) in [6, 6.07) is 5.56. The van der Waals surface area contributed by atoms with Gasteiger partial charge in [0.1, 0.15) is 18.6 Å². The Labute approximate surface area is 196 Å². The number of carbonyl (C=O) groups is 1. The van der Waals surface area contributed by atoms with Crippen LogP contribution in [0.1, 0.15) is 41.7 Å². The van der Waals surface area contributed by atoms with E-state index in [1.807, 2.05) is 6.07 Å². The zero-order valence-corrected chi connectivity index (χ0v) is 18.9. The molecule has 3 aromatic rings. The number of carbonyl (C=O) groups excluding carboxylic acids is 1. The average Bonchev–Trinajstić information content (AvgIpc) is 3.63. The van der Waals surface area contributed by atoms with E-state index < -0.39 is 6.67 Å². The van der Waals surface area contributed by atoms with Gasteiger partial charge in [-0.1, -0.05) is 12.1 Å². The van der Waals surface area contributed by atoms with Crippen molar-refractivity contribution in [3.05, 3.63) is 47.3 Å². The summed E-state index contributed by atoms with van der Waals surface area (Å²) < 4.78 is 25.4. The number of nitrogens with zero attached hydrogens (tertiary/aromatic N) is 3. The molecular weight excluding hydrogens is 439 g/mol. The number of H-pyrrole nitrogens is 2. The molecule has 10 heteroatoms. The number of aromatic nitrogens is 4. The van der Waals surface area contributed by atoms with Crippen LogP contribution in [0.15, 0.2) is 24.5 Å². The van der Waals surface area contributed by atoms with E-state index >= 15 is 0 Å². The molecule has 1 aliphatic carbocycles. The molecule has 3 aliphatic rings. The van der Waals surface area contributed by atoms with Crippen LogP contribution in [0.25, 0.3) is 11.0 Å². The molecule has 180 valence electrons. The first-order valence-corrected chi connectivity index (χ1v) is 12.0. The number of aromatic amines is 2. The number of benzene rings is 1. The topological polar surface area (TPSA) is 108 Å². The fourth-order valence-corrected chi connectivity index (χ4v) is 5.50. The Morgan fingerprint density at radius 2 is 2.26 bits per heavy atom. The number of imidazole rings is 2. The van der Waals surface area contributed by atoms with Gasteiger partial charge in [-0.3, -0.25) is 9.69 Å². The van der Waals surface area contributed by atoms with E-state index in [1.54, 1.807) is 18.5 Å². The number of para-hydroxylation sites is 1. The zero-order chi connectivity index (χ0) is 23.1. The molecule has 1 aromatic carbocycles. The molecule has 1 amide bonds. The second-order valence-corrected chi connectivity index (χ2v) is 9.42. The van der Waals surface area contributed by atoms with Gasteiger partial charge in [-0.05, 0) is 25.3 Å². The molecule has 0 radical (unpaired) electrons. The van der Waals surface area contributed by atoms with Crippen molar-refractivity contribution in [1.29, 1.82) is 0 Å². The van der Waals surface area contributed by atoms with E-state index in [4.69, 9.17) is 9.47 Å². The highest BCUT2D eigenvalue weighted by atomic mass is 19.1. The lowest BCUT2D eigenvalue weighted by Crippen LogP contribution is -2.45. The van der Waals surface area contributed by atoms with Crippen molar-refractivity contribution >= 4 is 16.9 Å². The lowest BCUT2D eigenvalue weighted by molar-refractivity contribution is -0.122. The van der Waals surface area contributed by atoms with E-state index in [0.717, 1.165) is 62.5 Å². The van der Waals surface area contributed by atoms with Gasteiger partial charge >= 0.3 is 0 Å². The maximum Gasteiger partial charge on any atom is 0.227 e. The number of nitrogens with one attached hydrogen (secondary N) is 3. The minimum Gasteiger partial charge on any atom is -0.380 e. The first kappa shape index (κ1) is 21.7. The third kappa shape index (κ3) is 4.10. The monoisotopic (exact) mass is 468 g/mol. The third-order valence-electron chi connectivity index (χ3n) is 7.23. The Kier molecular flexibility index (Phi) is 5.80. The zero-order valence-electron chi connectivity index (χ0n) is 18.9. The molecule has 3 N–H and O–H groups in total. The maximum absolute atomic E-state index is 13.3. The molecule has 0 spiro atoms. The van der Waals surface area contributed by atoms with Crippen LogP contribution >= 0.6 is 0 Å². The summed E-state index contributed by atoms with van der Waals surface area (Å²) in [4.78, 5) is 30.6. The summed E-state index contributed by atoms with van der Waals surface area (Å²) in [5.74, 6) is 0.401. The van der Waals surface area contributed by atoms with Crippen LogP contribution in [0, 0.1) is 0 Å². The third-order valence-corrected chi connectivity index (χ3v) is 7.23. The quantitative estimate of drug-likeness (QED) is 0.489. The van der Waals surface area contributed by atoms with Crippen molar-refractivity contribution in [3.63, 3.8) is 0 Å². The molecule has 6 rings (SSSR count). The second-order valence-electron chi connectivity index (χ2n) is 9.42. The van der Waals surface area contributed by atoms with E-state index in [-0.39, 0.29) is 30.6 Å². The predicted octanol–water partition coefficient (Wildman–Crippen LogP) is 1.96. The number of ether oxygens (including phenoxy) is 2. The van der Waals surface area contributed by atoms with E-state index in [9.17, 15) is 9.18 Å². The molecule has 2 fully saturated rings. The van der Waals surface area contributed by atoms with E-state index in [0.29, 0.717) is 22.9 Å². The largest absolute Gasteiger partial charge is 0.380 e. The van der Waals surface area contributed by atoms with Crippen LogP contribution in [-0.2, 0) is 33.8 Å². The van der Waals surface area contributed by atoms with Crippen molar-refractivity contribution in [2.75, 3.05) is 26.3 Å². The number of halogens is 1. The van der Waals surface area contributed by atoms with Gasteiger partial charge in [-0.25, -0.2) is 14.4 Å². The van der Waals surface area contributed by atoms with Gasteiger partial charge < -0.3 is 24.8 Å². The van der Waals surface area contributed by atoms with Gasteiger partial charge in [0.2, 0.25) is 5.91 Å². The molecule has 2 aromatic heterocycles. The normalized spacial score (nSPS) is 27.0. The van der Waals surface area contributed by atoms with Gasteiger partial charge in [0.25, 0.3) is 0 Å². The summed E-state index contributed by atoms with van der Waals surface area (Å²) in [5.41, 5.74) is 3.97. The van der Waals surface area contributed by atoms with Crippen LogP contribution in [0.5, 0.6) is 0 Å². The smallest absolute Gasteiger partial charge is 0.227 e. The number of hydrogen-bond donors (Lipinski definition) is 3. The fraction of sp³-hybridized carbons (Fsp3) is 0.542. The summed E-state index contributed by atoms with van der Waals surface area (Å²) in [7, 11) is 0. The molecule has 4 atom stereocenters. The highest BCUT2D eigenvalue weighted by molar-refractivity contribution is 5.82. The molecule has 2 saturated heterocycles. The summed E-state index contributed by atoms with van der Waals surface area (Å²) >= 11 is 0. The Bertz CT molecular complexity index is 1170.